The Kier molecular flexibility index (Phi) is 0.375. The maximum absolute atomic E-state index is 7.78. The van der Waals surface area contributed by atoms with Crippen molar-refractivity contribution in [2.24, 2.45) is 0 Å². The third kappa shape index (κ3) is 0.943. The third-order valence-corrected chi connectivity index (χ3v) is 1.05. The number of aromatic nitrogens is 2. The Bertz CT molecular complexity index is 463. The van der Waals surface area contributed by atoms with Crippen LogP contribution in [0.4, 0.5) is 5.82 Å². The van der Waals surface area contributed by atoms with E-state index in [-0.39, 0.29) is 5.82 Å². The van der Waals surface area contributed by atoms with Gasteiger partial charge in [0.25, 0.3) is 0 Å². The molecule has 1 aliphatic carbocycles. The average molecular weight is 142 g/mol. The van der Waals surface area contributed by atoms with Crippen molar-refractivity contribution in [3.8, 4) is 0 Å². The van der Waals surface area contributed by atoms with Crippen molar-refractivity contribution in [1.82, 2.24) is 9.97 Å². The molecule has 10 heavy (non-hydrogen) atoms. The van der Waals surface area contributed by atoms with E-state index in [1.165, 1.54) is 0 Å². The molecule has 1 aliphatic rings. The Hall–Kier alpha value is -1.12. The molecule has 0 spiro atoms. The summed E-state index contributed by atoms with van der Waals surface area (Å²) in [6.45, 7) is 0. The number of hydrogen-bond donors (Lipinski definition) is 1. The molecule has 1 aromatic heterocycles. The van der Waals surface area contributed by atoms with E-state index < -0.39 is 36.7 Å². The lowest BCUT2D eigenvalue weighted by molar-refractivity contribution is 0.932. The first-order chi connectivity index (χ1) is 7.57. The van der Waals surface area contributed by atoms with Crippen molar-refractivity contribution in [1.29, 1.82) is 0 Å². The lowest BCUT2D eigenvalue weighted by atomic mass is 10.4. The van der Waals surface area contributed by atoms with Crippen LogP contribution in [0, 0.1) is 0 Å². The fourth-order valence-corrected chi connectivity index (χ4v) is 0.560. The molecule has 3 nitrogen and oxygen atoms in total. The Balaban J connectivity index is 2.59. The largest absolute Gasteiger partial charge is 0.384 e. The molecular formula is C7H9N3. The van der Waals surface area contributed by atoms with E-state index in [1.807, 2.05) is 0 Å². The molecule has 2 N–H and O–H groups in total. The van der Waals surface area contributed by atoms with E-state index in [0.717, 1.165) is 0 Å². The van der Waals surface area contributed by atoms with Crippen molar-refractivity contribution < 1.29 is 9.60 Å². The SMILES string of the molecule is [2H]c1nc(C2([2H])C([2H])([2H])C2([2H])[2H])nc(N)c1[2H]. The maximum Gasteiger partial charge on any atom is 0.133 e. The minimum atomic E-state index is -2.44. The first kappa shape index (κ1) is 1.94. The zero-order valence-corrected chi connectivity index (χ0v) is 4.97. The van der Waals surface area contributed by atoms with Crippen LogP contribution in [0.5, 0.6) is 0 Å². The molecule has 1 saturated carbocycles. The van der Waals surface area contributed by atoms with Crippen molar-refractivity contribution in [3.63, 3.8) is 0 Å². The van der Waals surface area contributed by atoms with Crippen LogP contribution in [-0.2, 0) is 0 Å². The van der Waals surface area contributed by atoms with Gasteiger partial charge in [0.1, 0.15) is 11.6 Å². The monoisotopic (exact) mass is 142 g/mol. The number of nitrogens with zero attached hydrogens (tertiary/aromatic N) is 2. The minimum Gasteiger partial charge on any atom is -0.384 e. The van der Waals surface area contributed by atoms with Gasteiger partial charge in [0.05, 0.1) is 2.74 Å². The Morgan fingerprint density at radius 1 is 1.90 bits per heavy atom. The van der Waals surface area contributed by atoms with E-state index in [4.69, 9.17) is 15.3 Å². The van der Waals surface area contributed by atoms with Gasteiger partial charge in [-0.25, -0.2) is 9.97 Å². The smallest absolute Gasteiger partial charge is 0.133 e. The number of hydrogen-bond acceptors (Lipinski definition) is 3. The van der Waals surface area contributed by atoms with E-state index in [1.54, 1.807) is 0 Å². The van der Waals surface area contributed by atoms with Gasteiger partial charge in [-0.1, -0.05) is 0 Å². The molecule has 0 radical (unpaired) electrons. The number of nitrogens with two attached hydrogens (primary N) is 1. The summed E-state index contributed by atoms with van der Waals surface area (Å²) in [7, 11) is 0. The van der Waals surface area contributed by atoms with Crippen LogP contribution in [0.15, 0.2) is 12.2 Å². The van der Waals surface area contributed by atoms with Crippen molar-refractivity contribution in [2.45, 2.75) is 18.6 Å². The highest BCUT2D eigenvalue weighted by Crippen LogP contribution is 2.37. The molecule has 0 aromatic carbocycles. The summed E-state index contributed by atoms with van der Waals surface area (Å²) >= 11 is 0. The van der Waals surface area contributed by atoms with Crippen LogP contribution in [0.2, 0.25) is 0 Å². The molecule has 0 saturated heterocycles. The summed E-state index contributed by atoms with van der Waals surface area (Å²) < 4.78 is 52.0. The highest BCUT2D eigenvalue weighted by Gasteiger charge is 2.26. The fraction of sp³-hybridized carbons (Fsp3) is 0.429. The van der Waals surface area contributed by atoms with Gasteiger partial charge in [-0.3, -0.25) is 0 Å². The summed E-state index contributed by atoms with van der Waals surface area (Å²) in [5.41, 5.74) is 5.34. The van der Waals surface area contributed by atoms with E-state index >= 15 is 0 Å². The molecule has 52 valence electrons. The molecular weight excluding hydrogens is 126 g/mol. The van der Waals surface area contributed by atoms with Gasteiger partial charge in [-0.05, 0) is 18.8 Å². The quantitative estimate of drug-likeness (QED) is 0.634. The normalized spacial score (nSPS) is 40.6. The molecule has 3 heteroatoms. The topological polar surface area (TPSA) is 51.8 Å². The molecule has 2 rings (SSSR count). The first-order valence-corrected chi connectivity index (χ1v) is 2.68. The molecule has 0 bridgehead atoms. The van der Waals surface area contributed by atoms with Crippen molar-refractivity contribution in [3.05, 3.63) is 18.0 Å². The van der Waals surface area contributed by atoms with E-state index in [2.05, 4.69) is 9.97 Å². The summed E-state index contributed by atoms with van der Waals surface area (Å²) in [4.78, 5) is 7.03. The van der Waals surface area contributed by atoms with E-state index in [9.17, 15) is 0 Å². The zero-order chi connectivity index (χ0) is 13.2. The Morgan fingerprint density at radius 3 is 3.30 bits per heavy atom. The summed E-state index contributed by atoms with van der Waals surface area (Å²) in [6.07, 6.45) is -5.43. The molecule has 1 fully saturated rings. The molecule has 0 unspecified atom stereocenters. The number of nitrogen functional groups attached to an aromatic ring is 1. The highest BCUT2D eigenvalue weighted by atomic mass is 14.9. The molecule has 1 aromatic rings. The zero-order valence-electron chi connectivity index (χ0n) is 12.0. The fourth-order valence-electron chi connectivity index (χ4n) is 0.560. The van der Waals surface area contributed by atoms with Crippen LogP contribution in [-0.4, -0.2) is 9.97 Å². The van der Waals surface area contributed by atoms with Gasteiger partial charge >= 0.3 is 0 Å². The van der Waals surface area contributed by atoms with Gasteiger partial charge in [0, 0.05) is 18.9 Å². The predicted molar refractivity (Wildman–Crippen MR) is 38.4 cm³/mol. The van der Waals surface area contributed by atoms with Gasteiger partial charge in [0.15, 0.2) is 0 Å². The van der Waals surface area contributed by atoms with Crippen LogP contribution in [0.3, 0.4) is 0 Å². The second-order valence-electron chi connectivity index (χ2n) is 1.79. The van der Waals surface area contributed by atoms with Gasteiger partial charge in [-0.2, -0.15) is 0 Å². The average Bonchev–Trinajstić information content (AvgIpc) is 2.53. The molecule has 0 amide bonds. The minimum absolute atomic E-state index is 0.356. The van der Waals surface area contributed by atoms with Crippen LogP contribution in [0.25, 0.3) is 0 Å². The Morgan fingerprint density at radius 2 is 2.70 bits per heavy atom. The van der Waals surface area contributed by atoms with Gasteiger partial charge in [-0.15, -0.1) is 0 Å². The summed E-state index contributed by atoms with van der Waals surface area (Å²) in [5, 5.41) is 0. The predicted octanol–water partition coefficient (Wildman–Crippen LogP) is 0.936. The van der Waals surface area contributed by atoms with Crippen LogP contribution < -0.4 is 5.73 Å². The number of anilines is 1. The highest BCUT2D eigenvalue weighted by molar-refractivity contribution is 5.26. The second kappa shape index (κ2) is 1.94. The lowest BCUT2D eigenvalue weighted by Crippen LogP contribution is -1.96. The third-order valence-electron chi connectivity index (χ3n) is 1.05. The van der Waals surface area contributed by atoms with Crippen molar-refractivity contribution >= 4 is 5.82 Å². The van der Waals surface area contributed by atoms with Crippen molar-refractivity contribution in [2.75, 3.05) is 5.73 Å². The summed E-state index contributed by atoms with van der Waals surface area (Å²) in [6, 6.07) is -0.417. The van der Waals surface area contributed by atoms with Crippen LogP contribution >= 0.6 is 0 Å². The maximum atomic E-state index is 7.78. The van der Waals surface area contributed by atoms with Crippen LogP contribution in [0.1, 0.15) is 34.1 Å². The lowest BCUT2D eigenvalue weighted by Gasteiger charge is -1.95. The Labute approximate surface area is 69.1 Å². The molecule has 0 aliphatic heterocycles. The second-order valence-corrected chi connectivity index (χ2v) is 1.79. The first-order valence-electron chi connectivity index (χ1n) is 6.18. The van der Waals surface area contributed by atoms with E-state index in [0.29, 0.717) is 0 Å². The number of rotatable bonds is 1. The van der Waals surface area contributed by atoms with Gasteiger partial charge < -0.3 is 5.73 Å². The standard InChI is InChI=1S/C7H9N3/c8-6-3-4-9-7(10-6)5-1-2-5/h3-5H,1-2H2,(H2,8,9,10)/i1D2,2D2,3D,4D,5D. The van der Waals surface area contributed by atoms with Gasteiger partial charge in [0.2, 0.25) is 0 Å². The molecule has 1 heterocycles. The summed E-state index contributed by atoms with van der Waals surface area (Å²) in [5.74, 6) is -3.13. The molecule has 0 atom stereocenters.